The van der Waals surface area contributed by atoms with Gasteiger partial charge >= 0.3 is 0 Å². The number of ether oxygens (including phenoxy) is 2. The zero-order chi connectivity index (χ0) is 22.6. The number of amides is 1. The molecule has 31 heavy (non-hydrogen) atoms. The van der Waals surface area contributed by atoms with Gasteiger partial charge in [0.1, 0.15) is 6.61 Å². The number of carbonyl (C=O) groups excluding carboxylic acids is 1. The third-order valence-corrected chi connectivity index (χ3v) is 7.61. The number of rotatable bonds is 8. The summed E-state index contributed by atoms with van der Waals surface area (Å²) in [6, 6.07) is 12.3. The van der Waals surface area contributed by atoms with Crippen LogP contribution in [-0.2, 0) is 10.0 Å². The van der Waals surface area contributed by atoms with Gasteiger partial charge in [-0.2, -0.15) is 4.31 Å². The van der Waals surface area contributed by atoms with Crippen LogP contribution in [0.3, 0.4) is 0 Å². The van der Waals surface area contributed by atoms with Crippen LogP contribution in [0.5, 0.6) is 11.5 Å². The van der Waals surface area contributed by atoms with Gasteiger partial charge in [-0.05, 0) is 43.7 Å². The average Bonchev–Trinajstić information content (AvgIpc) is 2.77. The molecule has 7 nitrogen and oxygen atoms in total. The molecule has 0 radical (unpaired) electrons. The van der Waals surface area contributed by atoms with Gasteiger partial charge in [0.25, 0.3) is 5.91 Å². The highest BCUT2D eigenvalue weighted by Crippen LogP contribution is 2.31. The minimum absolute atomic E-state index is 0.171. The van der Waals surface area contributed by atoms with Gasteiger partial charge in [0.05, 0.1) is 11.4 Å². The number of fused-ring (bicyclic) bond motifs is 1. The number of aryl methyl sites for hydroxylation is 1. The van der Waals surface area contributed by atoms with Crippen molar-refractivity contribution in [2.45, 2.75) is 38.7 Å². The first-order valence-corrected chi connectivity index (χ1v) is 12.0. The Bertz CT molecular complexity index is 1030. The van der Waals surface area contributed by atoms with Crippen LogP contribution in [0.1, 0.15) is 36.7 Å². The molecule has 1 amide bonds. The highest BCUT2D eigenvalue weighted by Gasteiger charge is 2.28. The summed E-state index contributed by atoms with van der Waals surface area (Å²) in [7, 11) is -3.66. The van der Waals surface area contributed by atoms with Crippen molar-refractivity contribution in [2.75, 3.05) is 32.8 Å². The SMILES string of the molecule is CCN(CC1COc2ccccc2O1)C(=O)c1ccc(C)c(S(=O)(=O)N(CC)CC)c1. The fourth-order valence-electron chi connectivity index (χ4n) is 3.65. The number of sulfonamides is 1. The molecule has 0 N–H and O–H groups in total. The summed E-state index contributed by atoms with van der Waals surface area (Å²) in [5.74, 6) is 1.11. The van der Waals surface area contributed by atoms with Gasteiger partial charge < -0.3 is 14.4 Å². The fraction of sp³-hybridized carbons (Fsp3) is 0.435. The van der Waals surface area contributed by atoms with Crippen LogP contribution in [0.2, 0.25) is 0 Å². The van der Waals surface area contributed by atoms with Gasteiger partial charge in [0, 0.05) is 25.2 Å². The predicted octanol–water partition coefficient (Wildman–Crippen LogP) is 3.33. The summed E-state index contributed by atoms with van der Waals surface area (Å²) >= 11 is 0. The van der Waals surface area contributed by atoms with Crippen LogP contribution >= 0.6 is 0 Å². The lowest BCUT2D eigenvalue weighted by Crippen LogP contribution is -2.43. The van der Waals surface area contributed by atoms with Crippen LogP contribution in [0.25, 0.3) is 0 Å². The Labute approximate surface area is 184 Å². The second-order valence-electron chi connectivity index (χ2n) is 7.41. The van der Waals surface area contributed by atoms with Crippen LogP contribution < -0.4 is 9.47 Å². The first kappa shape index (κ1) is 23.1. The Morgan fingerprint density at radius 1 is 1.03 bits per heavy atom. The molecule has 3 rings (SSSR count). The minimum atomic E-state index is -3.66. The van der Waals surface area contributed by atoms with Gasteiger partial charge in [0.2, 0.25) is 10.0 Å². The standard InChI is InChI=1S/C23H30N2O5S/c1-5-24(15-19-16-29-20-10-8-9-11-21(20)30-19)23(26)18-13-12-17(4)22(14-18)31(27,28)25(6-2)7-3/h8-14,19H,5-7,15-16H2,1-4H3. The molecule has 1 aliphatic rings. The lowest BCUT2D eigenvalue weighted by molar-refractivity contribution is 0.0474. The first-order valence-electron chi connectivity index (χ1n) is 10.6. The van der Waals surface area contributed by atoms with Crippen molar-refractivity contribution in [3.8, 4) is 11.5 Å². The quantitative estimate of drug-likeness (QED) is 0.622. The van der Waals surface area contributed by atoms with Crippen molar-refractivity contribution >= 4 is 15.9 Å². The van der Waals surface area contributed by atoms with E-state index < -0.39 is 10.0 Å². The van der Waals surface area contributed by atoms with Crippen molar-refractivity contribution in [3.05, 3.63) is 53.6 Å². The number of likely N-dealkylation sites (N-methyl/N-ethyl adjacent to an activating group) is 1. The van der Waals surface area contributed by atoms with Crippen molar-refractivity contribution in [1.82, 2.24) is 9.21 Å². The van der Waals surface area contributed by atoms with Gasteiger partial charge in [0.15, 0.2) is 17.6 Å². The van der Waals surface area contributed by atoms with E-state index in [2.05, 4.69) is 0 Å². The molecule has 0 saturated heterocycles. The highest BCUT2D eigenvalue weighted by atomic mass is 32.2. The minimum Gasteiger partial charge on any atom is -0.486 e. The Kier molecular flexibility index (Phi) is 7.23. The molecule has 1 atom stereocenters. The van der Waals surface area contributed by atoms with Gasteiger partial charge in [-0.3, -0.25) is 4.79 Å². The molecule has 0 saturated carbocycles. The van der Waals surface area contributed by atoms with Crippen LogP contribution in [-0.4, -0.2) is 62.4 Å². The van der Waals surface area contributed by atoms with Crippen molar-refractivity contribution in [3.63, 3.8) is 0 Å². The number of carbonyl (C=O) groups is 1. The average molecular weight is 447 g/mol. The van der Waals surface area contributed by atoms with Crippen molar-refractivity contribution < 1.29 is 22.7 Å². The van der Waals surface area contributed by atoms with E-state index >= 15 is 0 Å². The molecular formula is C23H30N2O5S. The molecule has 8 heteroatoms. The first-order chi connectivity index (χ1) is 14.8. The molecule has 0 bridgehead atoms. The Balaban J connectivity index is 1.81. The molecule has 0 aliphatic carbocycles. The molecule has 1 unspecified atom stereocenters. The zero-order valence-electron chi connectivity index (χ0n) is 18.5. The van der Waals surface area contributed by atoms with Crippen LogP contribution in [0, 0.1) is 6.92 Å². The van der Waals surface area contributed by atoms with Gasteiger partial charge in [-0.15, -0.1) is 0 Å². The fourth-order valence-corrected chi connectivity index (χ4v) is 5.36. The second-order valence-corrected chi connectivity index (χ2v) is 9.32. The lowest BCUT2D eigenvalue weighted by atomic mass is 10.1. The number of para-hydroxylation sites is 2. The molecule has 168 valence electrons. The van der Waals surface area contributed by atoms with E-state index in [-0.39, 0.29) is 16.9 Å². The van der Waals surface area contributed by atoms with Gasteiger partial charge in [-0.25, -0.2) is 8.42 Å². The third-order valence-electron chi connectivity index (χ3n) is 5.42. The molecule has 2 aromatic carbocycles. The summed E-state index contributed by atoms with van der Waals surface area (Å²) in [6.45, 7) is 9.13. The number of nitrogens with zero attached hydrogens (tertiary/aromatic N) is 2. The second kappa shape index (κ2) is 9.70. The van der Waals surface area contributed by atoms with E-state index in [1.807, 2.05) is 31.2 Å². The van der Waals surface area contributed by atoms with E-state index in [0.29, 0.717) is 55.4 Å². The van der Waals surface area contributed by atoms with Crippen molar-refractivity contribution in [1.29, 1.82) is 0 Å². The van der Waals surface area contributed by atoms with E-state index in [1.165, 1.54) is 10.4 Å². The molecular weight excluding hydrogens is 416 g/mol. The molecule has 0 spiro atoms. The Morgan fingerprint density at radius 2 is 1.71 bits per heavy atom. The van der Waals surface area contributed by atoms with E-state index in [1.54, 1.807) is 37.8 Å². The zero-order valence-corrected chi connectivity index (χ0v) is 19.3. The summed E-state index contributed by atoms with van der Waals surface area (Å²) in [5, 5.41) is 0. The summed E-state index contributed by atoms with van der Waals surface area (Å²) in [4.78, 5) is 15.0. The van der Waals surface area contributed by atoms with E-state index in [9.17, 15) is 13.2 Å². The summed E-state index contributed by atoms with van der Waals surface area (Å²) < 4.78 is 39.2. The Hall–Kier alpha value is -2.58. The predicted molar refractivity (Wildman–Crippen MR) is 119 cm³/mol. The van der Waals surface area contributed by atoms with Crippen LogP contribution in [0.4, 0.5) is 0 Å². The number of benzene rings is 2. The lowest BCUT2D eigenvalue weighted by Gasteiger charge is -2.31. The summed E-state index contributed by atoms with van der Waals surface area (Å²) in [6.07, 6.45) is -0.303. The number of hydrogen-bond acceptors (Lipinski definition) is 5. The smallest absolute Gasteiger partial charge is 0.254 e. The topological polar surface area (TPSA) is 76.1 Å². The van der Waals surface area contributed by atoms with E-state index in [0.717, 1.165) is 0 Å². The third kappa shape index (κ3) is 4.85. The normalized spacial score (nSPS) is 15.7. The molecule has 1 aliphatic heterocycles. The summed E-state index contributed by atoms with van der Waals surface area (Å²) in [5.41, 5.74) is 0.961. The van der Waals surface area contributed by atoms with Gasteiger partial charge in [-0.1, -0.05) is 32.0 Å². The van der Waals surface area contributed by atoms with Crippen molar-refractivity contribution in [2.24, 2.45) is 0 Å². The van der Waals surface area contributed by atoms with Crippen LogP contribution in [0.15, 0.2) is 47.4 Å². The molecule has 1 heterocycles. The molecule has 0 fully saturated rings. The highest BCUT2D eigenvalue weighted by molar-refractivity contribution is 7.89. The monoisotopic (exact) mass is 446 g/mol. The largest absolute Gasteiger partial charge is 0.486 e. The molecule has 2 aromatic rings. The Morgan fingerprint density at radius 3 is 2.35 bits per heavy atom. The van der Waals surface area contributed by atoms with E-state index in [4.69, 9.17) is 9.47 Å². The number of hydrogen-bond donors (Lipinski definition) is 0. The maximum absolute atomic E-state index is 13.2. The molecule has 0 aromatic heterocycles. The maximum atomic E-state index is 13.2. The maximum Gasteiger partial charge on any atom is 0.254 e.